The van der Waals surface area contributed by atoms with E-state index >= 15 is 0 Å². The van der Waals surface area contributed by atoms with E-state index in [9.17, 15) is 0 Å². The van der Waals surface area contributed by atoms with Crippen LogP contribution in [0.2, 0.25) is 0 Å². The van der Waals surface area contributed by atoms with Crippen molar-refractivity contribution >= 4 is 11.5 Å². The van der Waals surface area contributed by atoms with Crippen LogP contribution in [-0.2, 0) is 0 Å². The molecule has 0 aliphatic heterocycles. The summed E-state index contributed by atoms with van der Waals surface area (Å²) in [6.45, 7) is 6.56. The SMILES string of the molecule is CC(C)CC(C)Nc1cn[nH]c1N. The van der Waals surface area contributed by atoms with Crippen LogP contribution in [0.5, 0.6) is 0 Å². The van der Waals surface area contributed by atoms with E-state index in [-0.39, 0.29) is 0 Å². The Morgan fingerprint density at radius 1 is 1.54 bits per heavy atom. The Hall–Kier alpha value is -1.19. The van der Waals surface area contributed by atoms with Crippen LogP contribution in [0.25, 0.3) is 0 Å². The second kappa shape index (κ2) is 4.16. The Morgan fingerprint density at radius 2 is 2.23 bits per heavy atom. The van der Waals surface area contributed by atoms with E-state index in [1.807, 2.05) is 0 Å². The molecule has 1 aromatic heterocycles. The lowest BCUT2D eigenvalue weighted by Crippen LogP contribution is -2.17. The zero-order valence-electron chi connectivity index (χ0n) is 8.46. The third-order valence-corrected chi connectivity index (χ3v) is 1.90. The molecule has 0 aliphatic carbocycles. The molecule has 1 aromatic rings. The molecule has 1 heterocycles. The number of nitrogen functional groups attached to an aromatic ring is 1. The monoisotopic (exact) mass is 182 g/mol. The van der Waals surface area contributed by atoms with Gasteiger partial charge in [0.05, 0.1) is 11.9 Å². The van der Waals surface area contributed by atoms with Crippen LogP contribution >= 0.6 is 0 Å². The molecule has 4 N–H and O–H groups in total. The van der Waals surface area contributed by atoms with Gasteiger partial charge < -0.3 is 11.1 Å². The van der Waals surface area contributed by atoms with Crippen molar-refractivity contribution in [2.75, 3.05) is 11.1 Å². The predicted molar refractivity (Wildman–Crippen MR) is 55.5 cm³/mol. The van der Waals surface area contributed by atoms with E-state index in [0.29, 0.717) is 17.8 Å². The number of aromatic amines is 1. The summed E-state index contributed by atoms with van der Waals surface area (Å²) in [6, 6.07) is 0.430. The van der Waals surface area contributed by atoms with E-state index in [4.69, 9.17) is 5.73 Å². The lowest BCUT2D eigenvalue weighted by molar-refractivity contribution is 0.540. The normalized spacial score (nSPS) is 13.2. The Labute approximate surface area is 78.9 Å². The van der Waals surface area contributed by atoms with Crippen LogP contribution in [0, 0.1) is 5.92 Å². The van der Waals surface area contributed by atoms with Gasteiger partial charge in [0.1, 0.15) is 5.82 Å². The van der Waals surface area contributed by atoms with Crippen LogP contribution in [0.4, 0.5) is 11.5 Å². The fraction of sp³-hybridized carbons (Fsp3) is 0.667. The smallest absolute Gasteiger partial charge is 0.142 e. The maximum Gasteiger partial charge on any atom is 0.142 e. The largest absolute Gasteiger partial charge is 0.382 e. The molecule has 0 radical (unpaired) electrons. The number of aromatic nitrogens is 2. The molecule has 0 aromatic carbocycles. The predicted octanol–water partition coefficient (Wildman–Crippen LogP) is 1.84. The lowest BCUT2D eigenvalue weighted by Gasteiger charge is -2.16. The van der Waals surface area contributed by atoms with Gasteiger partial charge in [0, 0.05) is 6.04 Å². The highest BCUT2D eigenvalue weighted by atomic mass is 15.2. The number of H-pyrrole nitrogens is 1. The summed E-state index contributed by atoms with van der Waals surface area (Å²) in [6.07, 6.45) is 2.84. The van der Waals surface area contributed by atoms with Gasteiger partial charge in [0.25, 0.3) is 0 Å². The van der Waals surface area contributed by atoms with Crippen LogP contribution in [0.1, 0.15) is 27.2 Å². The zero-order valence-corrected chi connectivity index (χ0v) is 8.46. The summed E-state index contributed by atoms with van der Waals surface area (Å²) in [5.74, 6) is 1.30. The summed E-state index contributed by atoms with van der Waals surface area (Å²) in [5.41, 5.74) is 6.54. The van der Waals surface area contributed by atoms with Crippen molar-refractivity contribution in [1.29, 1.82) is 0 Å². The molecule has 0 amide bonds. The minimum Gasteiger partial charge on any atom is -0.382 e. The fourth-order valence-electron chi connectivity index (χ4n) is 1.44. The second-order valence-electron chi connectivity index (χ2n) is 3.87. The molecule has 0 bridgehead atoms. The molecule has 0 fully saturated rings. The highest BCUT2D eigenvalue weighted by Crippen LogP contribution is 2.16. The number of nitrogens with one attached hydrogen (secondary N) is 2. The fourth-order valence-corrected chi connectivity index (χ4v) is 1.44. The molecule has 0 saturated carbocycles. The molecule has 1 unspecified atom stereocenters. The molecular formula is C9H18N4. The third kappa shape index (κ3) is 2.97. The van der Waals surface area contributed by atoms with Gasteiger partial charge in [-0.15, -0.1) is 0 Å². The summed E-state index contributed by atoms with van der Waals surface area (Å²) in [4.78, 5) is 0. The van der Waals surface area contributed by atoms with Crippen molar-refractivity contribution in [3.63, 3.8) is 0 Å². The first-order valence-corrected chi connectivity index (χ1v) is 4.65. The second-order valence-corrected chi connectivity index (χ2v) is 3.87. The number of rotatable bonds is 4. The quantitative estimate of drug-likeness (QED) is 0.665. The summed E-state index contributed by atoms with van der Waals surface area (Å²) in [5, 5.41) is 9.84. The van der Waals surface area contributed by atoms with Gasteiger partial charge in [-0.05, 0) is 19.3 Å². The molecule has 74 valence electrons. The molecule has 13 heavy (non-hydrogen) atoms. The third-order valence-electron chi connectivity index (χ3n) is 1.90. The minimum absolute atomic E-state index is 0.430. The van der Waals surface area contributed by atoms with Crippen molar-refractivity contribution in [3.8, 4) is 0 Å². The van der Waals surface area contributed by atoms with Crippen molar-refractivity contribution in [2.45, 2.75) is 33.2 Å². The summed E-state index contributed by atoms with van der Waals surface area (Å²) >= 11 is 0. The van der Waals surface area contributed by atoms with Gasteiger partial charge in [-0.25, -0.2) is 0 Å². The van der Waals surface area contributed by atoms with Gasteiger partial charge >= 0.3 is 0 Å². The number of hydrogen-bond donors (Lipinski definition) is 3. The van der Waals surface area contributed by atoms with Crippen molar-refractivity contribution in [2.24, 2.45) is 5.92 Å². The Kier molecular flexibility index (Phi) is 3.17. The minimum atomic E-state index is 0.430. The molecular weight excluding hydrogens is 164 g/mol. The highest BCUT2D eigenvalue weighted by molar-refractivity contribution is 5.60. The van der Waals surface area contributed by atoms with Crippen LogP contribution in [0.15, 0.2) is 6.20 Å². The Balaban J connectivity index is 2.45. The topological polar surface area (TPSA) is 66.7 Å². The molecule has 4 heteroatoms. The summed E-state index contributed by atoms with van der Waals surface area (Å²) < 4.78 is 0. The standard InChI is InChI=1S/C9H18N4/c1-6(2)4-7(3)12-8-5-11-13-9(8)10/h5-7,12H,4H2,1-3H3,(H3,10,11,13). The van der Waals surface area contributed by atoms with Gasteiger partial charge in [-0.2, -0.15) is 5.10 Å². The van der Waals surface area contributed by atoms with E-state index < -0.39 is 0 Å². The first kappa shape index (κ1) is 9.89. The molecule has 0 spiro atoms. The average molecular weight is 182 g/mol. The van der Waals surface area contributed by atoms with Gasteiger partial charge in [0.2, 0.25) is 0 Å². The highest BCUT2D eigenvalue weighted by Gasteiger charge is 2.07. The Bertz CT molecular complexity index is 254. The molecule has 1 rings (SSSR count). The number of hydrogen-bond acceptors (Lipinski definition) is 3. The molecule has 0 aliphatic rings. The molecule has 0 saturated heterocycles. The first-order chi connectivity index (χ1) is 6.09. The maximum absolute atomic E-state index is 5.64. The lowest BCUT2D eigenvalue weighted by atomic mass is 10.1. The number of nitrogens with zero attached hydrogens (tertiary/aromatic N) is 1. The van der Waals surface area contributed by atoms with E-state index in [1.54, 1.807) is 6.20 Å². The van der Waals surface area contributed by atoms with E-state index in [1.165, 1.54) is 0 Å². The molecule has 4 nitrogen and oxygen atoms in total. The van der Waals surface area contributed by atoms with Crippen LogP contribution < -0.4 is 11.1 Å². The summed E-state index contributed by atoms with van der Waals surface area (Å²) in [7, 11) is 0. The maximum atomic E-state index is 5.64. The van der Waals surface area contributed by atoms with Crippen molar-refractivity contribution < 1.29 is 0 Å². The number of nitrogens with two attached hydrogens (primary N) is 1. The number of anilines is 2. The van der Waals surface area contributed by atoms with Gasteiger partial charge in [0.15, 0.2) is 0 Å². The molecule has 1 atom stereocenters. The van der Waals surface area contributed by atoms with Crippen LogP contribution in [0.3, 0.4) is 0 Å². The van der Waals surface area contributed by atoms with Gasteiger partial charge in [-0.3, -0.25) is 5.10 Å². The average Bonchev–Trinajstić information content (AvgIpc) is 2.34. The van der Waals surface area contributed by atoms with Crippen molar-refractivity contribution in [3.05, 3.63) is 6.20 Å². The van der Waals surface area contributed by atoms with Gasteiger partial charge in [-0.1, -0.05) is 13.8 Å². The zero-order chi connectivity index (χ0) is 9.84. The van der Waals surface area contributed by atoms with Crippen LogP contribution in [-0.4, -0.2) is 16.2 Å². The van der Waals surface area contributed by atoms with E-state index in [2.05, 4.69) is 36.3 Å². The van der Waals surface area contributed by atoms with Crippen molar-refractivity contribution in [1.82, 2.24) is 10.2 Å². The Morgan fingerprint density at radius 3 is 2.69 bits per heavy atom. The van der Waals surface area contributed by atoms with E-state index in [0.717, 1.165) is 12.1 Å². The first-order valence-electron chi connectivity index (χ1n) is 4.65.